The van der Waals surface area contributed by atoms with Crippen LogP contribution in [0.15, 0.2) is 78.9 Å². The lowest BCUT2D eigenvalue weighted by molar-refractivity contribution is 0.101. The molecule has 1 N–H and O–H groups in total. The highest BCUT2D eigenvalue weighted by atomic mass is 16.5. The van der Waals surface area contributed by atoms with Gasteiger partial charge < -0.3 is 14.8 Å². The van der Waals surface area contributed by atoms with Crippen molar-refractivity contribution in [1.82, 2.24) is 14.8 Å². The highest BCUT2D eigenvalue weighted by Crippen LogP contribution is 2.26. The summed E-state index contributed by atoms with van der Waals surface area (Å²) in [5.74, 6) is 1.47. The van der Waals surface area contributed by atoms with Gasteiger partial charge in [-0.25, -0.2) is 9.67 Å². The molecule has 1 heterocycles. The Morgan fingerprint density at radius 3 is 2.27 bits per heavy atom. The van der Waals surface area contributed by atoms with Crippen LogP contribution in [0.25, 0.3) is 17.1 Å². The normalized spacial score (nSPS) is 10.5. The van der Waals surface area contributed by atoms with Gasteiger partial charge in [0.25, 0.3) is 5.91 Å². The summed E-state index contributed by atoms with van der Waals surface area (Å²) in [6.45, 7) is 0. The molecule has 0 aliphatic carbocycles. The predicted octanol–water partition coefficient (Wildman–Crippen LogP) is 4.20. The molecule has 0 fully saturated rings. The molecule has 150 valence electrons. The van der Waals surface area contributed by atoms with E-state index in [9.17, 15) is 4.79 Å². The molecule has 0 bridgehead atoms. The maximum absolute atomic E-state index is 12.9. The second-order valence-electron chi connectivity index (χ2n) is 6.39. The van der Waals surface area contributed by atoms with Gasteiger partial charge in [0.15, 0.2) is 5.82 Å². The van der Waals surface area contributed by atoms with Gasteiger partial charge in [0.2, 0.25) is 5.82 Å². The quantitative estimate of drug-likeness (QED) is 0.525. The molecule has 7 heteroatoms. The monoisotopic (exact) mass is 400 g/mol. The number of anilines is 1. The van der Waals surface area contributed by atoms with Crippen molar-refractivity contribution in [2.24, 2.45) is 0 Å². The van der Waals surface area contributed by atoms with Gasteiger partial charge in [-0.1, -0.05) is 30.3 Å². The second kappa shape index (κ2) is 8.48. The van der Waals surface area contributed by atoms with Gasteiger partial charge in [0.05, 0.1) is 25.6 Å². The van der Waals surface area contributed by atoms with Gasteiger partial charge in [-0.3, -0.25) is 4.79 Å². The Morgan fingerprint density at radius 2 is 1.57 bits per heavy atom. The molecule has 0 unspecified atom stereocenters. The van der Waals surface area contributed by atoms with Crippen molar-refractivity contribution in [2.45, 2.75) is 0 Å². The predicted molar refractivity (Wildman–Crippen MR) is 114 cm³/mol. The first-order chi connectivity index (χ1) is 14.7. The van der Waals surface area contributed by atoms with E-state index in [-0.39, 0.29) is 5.82 Å². The molecular weight excluding hydrogens is 380 g/mol. The zero-order valence-electron chi connectivity index (χ0n) is 16.6. The molecular formula is C23H20N4O3. The Morgan fingerprint density at radius 1 is 0.867 bits per heavy atom. The van der Waals surface area contributed by atoms with Gasteiger partial charge >= 0.3 is 0 Å². The van der Waals surface area contributed by atoms with Crippen LogP contribution in [0, 0.1) is 0 Å². The summed E-state index contributed by atoms with van der Waals surface area (Å²) in [6, 6.07) is 24.2. The largest absolute Gasteiger partial charge is 0.497 e. The van der Waals surface area contributed by atoms with E-state index < -0.39 is 5.91 Å². The lowest BCUT2D eigenvalue weighted by Crippen LogP contribution is -2.14. The molecule has 1 aromatic heterocycles. The van der Waals surface area contributed by atoms with Crippen LogP contribution in [0.3, 0.4) is 0 Å². The average Bonchev–Trinajstić information content (AvgIpc) is 3.26. The molecule has 30 heavy (non-hydrogen) atoms. The van der Waals surface area contributed by atoms with Crippen molar-refractivity contribution in [3.8, 4) is 28.6 Å². The summed E-state index contributed by atoms with van der Waals surface area (Å²) >= 11 is 0. The zero-order chi connectivity index (χ0) is 20.9. The SMILES string of the molecule is COc1ccc(-c2nc(C(=O)Nc3ccccc3OC)nn2-c2ccccc2)cc1. The van der Waals surface area contributed by atoms with E-state index in [0.717, 1.165) is 17.0 Å². The molecule has 0 radical (unpaired) electrons. The fourth-order valence-corrected chi connectivity index (χ4v) is 3.01. The molecule has 4 aromatic rings. The van der Waals surface area contributed by atoms with Gasteiger partial charge in [0, 0.05) is 5.56 Å². The van der Waals surface area contributed by atoms with Crippen molar-refractivity contribution >= 4 is 11.6 Å². The molecule has 0 aliphatic rings. The zero-order valence-corrected chi connectivity index (χ0v) is 16.6. The van der Waals surface area contributed by atoms with Crippen molar-refractivity contribution in [3.63, 3.8) is 0 Å². The highest BCUT2D eigenvalue weighted by Gasteiger charge is 2.20. The molecule has 7 nitrogen and oxygen atoms in total. The second-order valence-corrected chi connectivity index (χ2v) is 6.39. The molecule has 0 saturated heterocycles. The van der Waals surface area contributed by atoms with Gasteiger partial charge in [-0.2, -0.15) is 0 Å². The number of amides is 1. The Bertz CT molecular complexity index is 1150. The minimum absolute atomic E-state index is 0.0515. The molecule has 0 saturated carbocycles. The van der Waals surface area contributed by atoms with Gasteiger partial charge in [-0.05, 0) is 48.5 Å². The first-order valence-corrected chi connectivity index (χ1v) is 9.31. The topological polar surface area (TPSA) is 78.3 Å². The van der Waals surface area contributed by atoms with Crippen molar-refractivity contribution in [3.05, 3.63) is 84.7 Å². The lowest BCUT2D eigenvalue weighted by Gasteiger charge is -2.07. The maximum atomic E-state index is 12.9. The first kappa shape index (κ1) is 19.2. The third kappa shape index (κ3) is 3.86. The summed E-state index contributed by atoms with van der Waals surface area (Å²) in [6.07, 6.45) is 0. The van der Waals surface area contributed by atoms with Gasteiger partial charge in [0.1, 0.15) is 11.5 Å². The van der Waals surface area contributed by atoms with E-state index in [1.165, 1.54) is 0 Å². The third-order valence-electron chi connectivity index (χ3n) is 4.51. The Kier molecular flexibility index (Phi) is 5.43. The number of aromatic nitrogens is 3. The number of carbonyl (C=O) groups excluding carboxylic acids is 1. The number of ether oxygens (including phenoxy) is 2. The number of hydrogen-bond acceptors (Lipinski definition) is 5. The van der Waals surface area contributed by atoms with E-state index >= 15 is 0 Å². The number of para-hydroxylation sites is 3. The lowest BCUT2D eigenvalue weighted by atomic mass is 10.2. The van der Waals surface area contributed by atoms with Crippen molar-refractivity contribution in [1.29, 1.82) is 0 Å². The maximum Gasteiger partial charge on any atom is 0.295 e. The van der Waals surface area contributed by atoms with Crippen LogP contribution in [0.5, 0.6) is 11.5 Å². The van der Waals surface area contributed by atoms with E-state index in [2.05, 4.69) is 15.4 Å². The minimum atomic E-state index is -0.427. The highest BCUT2D eigenvalue weighted by molar-refractivity contribution is 6.02. The third-order valence-corrected chi connectivity index (χ3v) is 4.51. The minimum Gasteiger partial charge on any atom is -0.497 e. The van der Waals surface area contributed by atoms with E-state index in [0.29, 0.717) is 17.3 Å². The molecule has 4 rings (SSSR count). The van der Waals surface area contributed by atoms with E-state index in [1.54, 1.807) is 31.0 Å². The molecule has 1 amide bonds. The number of nitrogens with one attached hydrogen (secondary N) is 1. The Balaban J connectivity index is 1.74. The molecule has 0 aliphatic heterocycles. The number of rotatable bonds is 6. The summed E-state index contributed by atoms with van der Waals surface area (Å²) in [5.41, 5.74) is 2.16. The van der Waals surface area contributed by atoms with Crippen LogP contribution < -0.4 is 14.8 Å². The molecule has 0 atom stereocenters. The smallest absolute Gasteiger partial charge is 0.295 e. The van der Waals surface area contributed by atoms with Crippen molar-refractivity contribution < 1.29 is 14.3 Å². The van der Waals surface area contributed by atoms with Crippen molar-refractivity contribution in [2.75, 3.05) is 19.5 Å². The summed E-state index contributed by atoms with van der Waals surface area (Å²) in [5, 5.41) is 7.29. The van der Waals surface area contributed by atoms with Crippen LogP contribution in [-0.4, -0.2) is 34.9 Å². The summed E-state index contributed by atoms with van der Waals surface area (Å²) < 4.78 is 12.2. The average molecular weight is 400 g/mol. The van der Waals surface area contributed by atoms with Crippen LogP contribution in [0.4, 0.5) is 5.69 Å². The number of methoxy groups -OCH3 is 2. The summed E-state index contributed by atoms with van der Waals surface area (Å²) in [7, 11) is 3.16. The van der Waals surface area contributed by atoms with Crippen LogP contribution in [-0.2, 0) is 0 Å². The van der Waals surface area contributed by atoms with Crippen LogP contribution in [0.1, 0.15) is 10.6 Å². The fourth-order valence-electron chi connectivity index (χ4n) is 3.01. The fraction of sp³-hybridized carbons (Fsp3) is 0.0870. The first-order valence-electron chi connectivity index (χ1n) is 9.31. The molecule has 0 spiro atoms. The van der Waals surface area contributed by atoms with Crippen LogP contribution in [0.2, 0.25) is 0 Å². The Labute approximate surface area is 173 Å². The summed E-state index contributed by atoms with van der Waals surface area (Å²) in [4.78, 5) is 17.4. The Hall–Kier alpha value is -4.13. The van der Waals surface area contributed by atoms with E-state index in [1.807, 2.05) is 66.7 Å². The number of hydrogen-bond donors (Lipinski definition) is 1. The number of nitrogens with zero attached hydrogens (tertiary/aromatic N) is 3. The number of carbonyl (C=O) groups is 1. The molecule has 3 aromatic carbocycles. The van der Waals surface area contributed by atoms with E-state index in [4.69, 9.17) is 9.47 Å². The van der Waals surface area contributed by atoms with Gasteiger partial charge in [-0.15, -0.1) is 5.10 Å². The van der Waals surface area contributed by atoms with Crippen LogP contribution >= 0.6 is 0 Å². The number of benzene rings is 3. The standard InChI is InChI=1S/C23H20N4O3/c1-29-18-14-12-16(13-15-18)22-25-21(26-27(22)17-8-4-3-5-9-17)23(28)24-19-10-6-7-11-20(19)30-2/h3-15H,1-2H3,(H,24,28).